The van der Waals surface area contributed by atoms with Crippen LogP contribution in [0.5, 0.6) is 5.75 Å². The van der Waals surface area contributed by atoms with Crippen molar-refractivity contribution in [3.8, 4) is 39.9 Å². The van der Waals surface area contributed by atoms with Crippen molar-refractivity contribution >= 4 is 27.9 Å². The molecule has 1 aliphatic heterocycles. The molecular formula is C26H21FN10O. The minimum absolute atomic E-state index is 0.158. The number of benzene rings is 1. The lowest BCUT2D eigenvalue weighted by molar-refractivity contribution is 0.411. The number of anilines is 1. The number of aromatic nitrogens is 8. The van der Waals surface area contributed by atoms with Gasteiger partial charge in [-0.3, -0.25) is 15.1 Å². The second kappa shape index (κ2) is 8.56. The summed E-state index contributed by atoms with van der Waals surface area (Å²) in [5, 5.41) is 7.50. The maximum Gasteiger partial charge on any atom is 0.161 e. The van der Waals surface area contributed by atoms with Crippen molar-refractivity contribution in [1.29, 1.82) is 0 Å². The molecule has 1 saturated heterocycles. The van der Waals surface area contributed by atoms with Gasteiger partial charge in [0.25, 0.3) is 0 Å². The molecule has 6 heterocycles. The monoisotopic (exact) mass is 508 g/mol. The number of pyridine rings is 2. The molecule has 0 saturated carbocycles. The van der Waals surface area contributed by atoms with E-state index >= 15 is 0 Å². The number of nitrogens with two attached hydrogens (primary N) is 1. The smallest absolute Gasteiger partial charge is 0.161 e. The van der Waals surface area contributed by atoms with E-state index in [1.54, 1.807) is 24.7 Å². The molecule has 11 nitrogen and oxygen atoms in total. The molecule has 6 aromatic rings. The Hall–Kier alpha value is -4.97. The van der Waals surface area contributed by atoms with Gasteiger partial charge in [-0.05, 0) is 30.3 Å². The van der Waals surface area contributed by atoms with E-state index in [2.05, 4.69) is 30.0 Å². The summed E-state index contributed by atoms with van der Waals surface area (Å²) in [6, 6.07) is 10.2. The second-order valence-electron chi connectivity index (χ2n) is 9.11. The highest BCUT2D eigenvalue weighted by Crippen LogP contribution is 2.32. The lowest BCUT2D eigenvalue weighted by Crippen LogP contribution is -2.56. The maximum absolute atomic E-state index is 14.2. The maximum atomic E-state index is 14.2. The number of aromatic amines is 2. The molecule has 0 unspecified atom stereocenters. The molecule has 12 heteroatoms. The standard InChI is InChI=1S/C26H21FN10O/c1-38-16-7-13(6-14(27)8-16)22-23-18(4-5-30-22)33-26(34-23)25-24-19(35-36-25)3-2-17(32-24)20-9-29-10-21(31-20)37-11-15(28)12-37/h2-10,15H,11-12,28H2,1H3,(H,33,34)(H,35,36). The van der Waals surface area contributed by atoms with Gasteiger partial charge in [-0.2, -0.15) is 5.10 Å². The van der Waals surface area contributed by atoms with Gasteiger partial charge >= 0.3 is 0 Å². The Morgan fingerprint density at radius 3 is 2.68 bits per heavy atom. The predicted molar refractivity (Wildman–Crippen MR) is 140 cm³/mol. The molecule has 0 atom stereocenters. The van der Waals surface area contributed by atoms with E-state index in [1.165, 1.54) is 19.2 Å². The van der Waals surface area contributed by atoms with Crippen LogP contribution in [0.1, 0.15) is 0 Å². The average Bonchev–Trinajstić information content (AvgIpc) is 3.54. The van der Waals surface area contributed by atoms with Crippen LogP contribution in [-0.4, -0.2) is 66.3 Å². The van der Waals surface area contributed by atoms with Crippen LogP contribution >= 0.6 is 0 Å². The normalized spacial score (nSPS) is 13.8. The number of fused-ring (bicyclic) bond motifs is 2. The number of H-pyrrole nitrogens is 2. The molecule has 4 N–H and O–H groups in total. The average molecular weight is 509 g/mol. The zero-order chi connectivity index (χ0) is 25.8. The zero-order valence-corrected chi connectivity index (χ0v) is 20.2. The molecule has 38 heavy (non-hydrogen) atoms. The number of hydrogen-bond donors (Lipinski definition) is 3. The van der Waals surface area contributed by atoms with Crippen molar-refractivity contribution in [2.45, 2.75) is 6.04 Å². The molecule has 0 bridgehead atoms. The number of nitrogens with zero attached hydrogens (tertiary/aromatic N) is 7. The molecule has 0 amide bonds. The third kappa shape index (κ3) is 3.69. The van der Waals surface area contributed by atoms with Crippen LogP contribution in [0.15, 0.2) is 55.0 Å². The summed E-state index contributed by atoms with van der Waals surface area (Å²) in [4.78, 5) is 28.6. The summed E-state index contributed by atoms with van der Waals surface area (Å²) in [7, 11) is 1.49. The SMILES string of the molecule is COc1cc(F)cc(-c2nccc3[nH]c(-c4n[nH]c5ccc(-c6cncc(N7CC(N)C7)n6)nc45)nc23)c1. The van der Waals surface area contributed by atoms with E-state index in [4.69, 9.17) is 25.4 Å². The number of rotatable bonds is 5. The number of hydrogen-bond acceptors (Lipinski definition) is 9. The van der Waals surface area contributed by atoms with Gasteiger partial charge in [0.1, 0.15) is 34.1 Å². The number of ether oxygens (including phenoxy) is 1. The second-order valence-corrected chi connectivity index (χ2v) is 9.11. The van der Waals surface area contributed by atoms with Gasteiger partial charge < -0.3 is 20.4 Å². The van der Waals surface area contributed by atoms with E-state index in [0.29, 0.717) is 50.9 Å². The van der Waals surface area contributed by atoms with E-state index < -0.39 is 5.82 Å². The van der Waals surface area contributed by atoms with Crippen LogP contribution < -0.4 is 15.4 Å². The van der Waals surface area contributed by atoms with E-state index in [9.17, 15) is 4.39 Å². The first-order valence-electron chi connectivity index (χ1n) is 11.9. The van der Waals surface area contributed by atoms with Crippen molar-refractivity contribution < 1.29 is 9.13 Å². The van der Waals surface area contributed by atoms with Gasteiger partial charge in [0, 0.05) is 37.0 Å². The van der Waals surface area contributed by atoms with Gasteiger partial charge in [-0.1, -0.05) is 0 Å². The summed E-state index contributed by atoms with van der Waals surface area (Å²) in [6.07, 6.45) is 5.06. The first-order valence-corrected chi connectivity index (χ1v) is 11.9. The highest BCUT2D eigenvalue weighted by atomic mass is 19.1. The number of halogens is 1. The fourth-order valence-corrected chi connectivity index (χ4v) is 4.61. The Kier molecular flexibility index (Phi) is 5.01. The van der Waals surface area contributed by atoms with Crippen LogP contribution in [0.4, 0.5) is 10.2 Å². The van der Waals surface area contributed by atoms with Gasteiger partial charge in [0.15, 0.2) is 11.5 Å². The minimum atomic E-state index is -0.423. The number of nitrogens with one attached hydrogen (secondary N) is 2. The Morgan fingerprint density at radius 2 is 1.84 bits per heavy atom. The van der Waals surface area contributed by atoms with Crippen molar-refractivity contribution in [2.75, 3.05) is 25.1 Å². The van der Waals surface area contributed by atoms with Crippen LogP contribution in [0.2, 0.25) is 0 Å². The van der Waals surface area contributed by atoms with Crippen molar-refractivity contribution in [3.63, 3.8) is 0 Å². The Balaban J connectivity index is 1.30. The quantitative estimate of drug-likeness (QED) is 0.319. The fraction of sp³-hybridized carbons (Fsp3) is 0.154. The highest BCUT2D eigenvalue weighted by molar-refractivity contribution is 5.95. The van der Waals surface area contributed by atoms with E-state index in [-0.39, 0.29) is 6.04 Å². The summed E-state index contributed by atoms with van der Waals surface area (Å²) in [5.74, 6) is 1.24. The Morgan fingerprint density at radius 1 is 0.974 bits per heavy atom. The van der Waals surface area contributed by atoms with Gasteiger partial charge in [0.05, 0.1) is 41.9 Å². The van der Waals surface area contributed by atoms with E-state index in [1.807, 2.05) is 18.2 Å². The Bertz CT molecular complexity index is 1820. The summed E-state index contributed by atoms with van der Waals surface area (Å²) < 4.78 is 19.4. The van der Waals surface area contributed by atoms with Gasteiger partial charge in [-0.25, -0.2) is 19.3 Å². The third-order valence-electron chi connectivity index (χ3n) is 6.53. The molecule has 1 aliphatic rings. The molecule has 1 fully saturated rings. The first kappa shape index (κ1) is 22.2. The van der Waals surface area contributed by atoms with Crippen molar-refractivity contribution in [1.82, 2.24) is 40.1 Å². The largest absolute Gasteiger partial charge is 0.497 e. The molecular weight excluding hydrogens is 487 g/mol. The first-order chi connectivity index (χ1) is 18.6. The topological polar surface area (TPSA) is 147 Å². The predicted octanol–water partition coefficient (Wildman–Crippen LogP) is 3.32. The van der Waals surface area contributed by atoms with E-state index in [0.717, 1.165) is 29.9 Å². The molecule has 0 aliphatic carbocycles. The molecule has 7 rings (SSSR count). The lowest BCUT2D eigenvalue weighted by atomic mass is 10.1. The van der Waals surface area contributed by atoms with Crippen LogP contribution in [-0.2, 0) is 0 Å². The minimum Gasteiger partial charge on any atom is -0.497 e. The molecule has 188 valence electrons. The third-order valence-corrected chi connectivity index (χ3v) is 6.53. The summed E-state index contributed by atoms with van der Waals surface area (Å²) in [5.41, 5.74) is 11.5. The van der Waals surface area contributed by atoms with Crippen molar-refractivity contribution in [3.05, 3.63) is 60.8 Å². The van der Waals surface area contributed by atoms with Gasteiger partial charge in [0.2, 0.25) is 0 Å². The molecule has 0 radical (unpaired) electrons. The summed E-state index contributed by atoms with van der Waals surface area (Å²) in [6.45, 7) is 1.50. The molecule has 0 spiro atoms. The van der Waals surface area contributed by atoms with Gasteiger partial charge in [-0.15, -0.1) is 0 Å². The van der Waals surface area contributed by atoms with Crippen LogP contribution in [0.25, 0.3) is 56.2 Å². The summed E-state index contributed by atoms with van der Waals surface area (Å²) >= 11 is 0. The highest BCUT2D eigenvalue weighted by Gasteiger charge is 2.25. The lowest BCUT2D eigenvalue weighted by Gasteiger charge is -2.37. The van der Waals surface area contributed by atoms with Crippen LogP contribution in [0.3, 0.4) is 0 Å². The van der Waals surface area contributed by atoms with Crippen LogP contribution in [0, 0.1) is 5.82 Å². The van der Waals surface area contributed by atoms with Crippen molar-refractivity contribution in [2.24, 2.45) is 5.73 Å². The number of methoxy groups -OCH3 is 1. The number of imidazole rings is 1. The molecule has 1 aromatic carbocycles. The fourth-order valence-electron chi connectivity index (χ4n) is 4.61. The Labute approximate surface area is 215 Å². The zero-order valence-electron chi connectivity index (χ0n) is 20.2. The molecule has 5 aromatic heterocycles.